The number of rotatable bonds is 1. The van der Waals surface area contributed by atoms with Crippen LogP contribution in [-0.4, -0.2) is 15.0 Å². The van der Waals surface area contributed by atoms with Gasteiger partial charge in [0.2, 0.25) is 0 Å². The van der Waals surface area contributed by atoms with Gasteiger partial charge in [0.15, 0.2) is 0 Å². The topological polar surface area (TPSA) is 38.7 Å². The van der Waals surface area contributed by atoms with E-state index in [9.17, 15) is 0 Å². The van der Waals surface area contributed by atoms with Crippen molar-refractivity contribution in [3.8, 4) is 11.3 Å². The second kappa shape index (κ2) is 4.83. The minimum absolute atomic E-state index is 0.893. The van der Waals surface area contributed by atoms with E-state index < -0.39 is 0 Å². The third-order valence-electron chi connectivity index (χ3n) is 4.05. The molecule has 0 saturated heterocycles. The summed E-state index contributed by atoms with van der Waals surface area (Å²) >= 11 is 1.78. The summed E-state index contributed by atoms with van der Waals surface area (Å²) in [6.07, 6.45) is 5.34. The zero-order chi connectivity index (χ0) is 15.2. The van der Waals surface area contributed by atoms with Gasteiger partial charge in [-0.15, -0.1) is 11.3 Å². The highest BCUT2D eigenvalue weighted by atomic mass is 32.1. The number of pyridine rings is 1. The van der Waals surface area contributed by atoms with Crippen LogP contribution >= 0.6 is 11.3 Å². The SMILES string of the molecule is c1cc(-c2nccc3c2sc2ccccc23)c2nccnc2c1. The molecule has 3 nitrogen and oxygen atoms in total. The molecule has 4 heteroatoms. The Morgan fingerprint density at radius 2 is 1.61 bits per heavy atom. The molecule has 0 aliphatic heterocycles. The largest absolute Gasteiger partial charge is 0.255 e. The fraction of sp³-hybridized carbons (Fsp3) is 0. The van der Waals surface area contributed by atoms with Gasteiger partial charge in [0.25, 0.3) is 0 Å². The summed E-state index contributed by atoms with van der Waals surface area (Å²) in [5.41, 5.74) is 3.81. The van der Waals surface area contributed by atoms with E-state index in [1.807, 2.05) is 18.3 Å². The Bertz CT molecular complexity index is 1170. The van der Waals surface area contributed by atoms with Crippen molar-refractivity contribution in [2.45, 2.75) is 0 Å². The smallest absolute Gasteiger partial charge is 0.0981 e. The summed E-state index contributed by atoms with van der Waals surface area (Å²) in [4.78, 5) is 13.6. The summed E-state index contributed by atoms with van der Waals surface area (Å²) in [7, 11) is 0. The molecule has 3 aromatic heterocycles. The van der Waals surface area contributed by atoms with Crippen LogP contribution in [0.5, 0.6) is 0 Å². The molecule has 0 bridgehead atoms. The van der Waals surface area contributed by atoms with Crippen LogP contribution in [0, 0.1) is 0 Å². The predicted octanol–water partition coefficient (Wildman–Crippen LogP) is 5.06. The lowest BCUT2D eigenvalue weighted by Crippen LogP contribution is -1.89. The molecule has 0 N–H and O–H groups in total. The zero-order valence-electron chi connectivity index (χ0n) is 12.1. The first-order chi connectivity index (χ1) is 11.4. The van der Waals surface area contributed by atoms with E-state index in [1.54, 1.807) is 23.7 Å². The van der Waals surface area contributed by atoms with Gasteiger partial charge < -0.3 is 0 Å². The molecule has 0 atom stereocenters. The van der Waals surface area contributed by atoms with Crippen molar-refractivity contribution < 1.29 is 0 Å². The van der Waals surface area contributed by atoms with Gasteiger partial charge in [-0.25, -0.2) is 0 Å². The lowest BCUT2D eigenvalue weighted by Gasteiger charge is -2.05. The highest BCUT2D eigenvalue weighted by Crippen LogP contribution is 2.39. The summed E-state index contributed by atoms with van der Waals surface area (Å²) in [6, 6.07) is 16.6. The van der Waals surface area contributed by atoms with Crippen molar-refractivity contribution in [2.75, 3.05) is 0 Å². The Balaban J connectivity index is 1.93. The standard InChI is InChI=1S/C19H11N3S/c1-2-7-16-12(4-1)13-8-9-21-18(19(13)23-16)14-5-3-6-15-17(14)22-11-10-20-15/h1-11H. The van der Waals surface area contributed by atoms with Crippen molar-refractivity contribution in [1.82, 2.24) is 15.0 Å². The molecule has 0 amide bonds. The predicted molar refractivity (Wildman–Crippen MR) is 95.7 cm³/mol. The van der Waals surface area contributed by atoms with Crippen molar-refractivity contribution in [3.05, 3.63) is 67.1 Å². The normalized spacial score (nSPS) is 11.5. The third kappa shape index (κ3) is 1.85. The first kappa shape index (κ1) is 12.7. The van der Waals surface area contributed by atoms with Crippen LogP contribution < -0.4 is 0 Å². The number of hydrogen-bond donors (Lipinski definition) is 0. The maximum atomic E-state index is 4.67. The Morgan fingerprint density at radius 1 is 0.696 bits per heavy atom. The van der Waals surface area contributed by atoms with Gasteiger partial charge in [0.1, 0.15) is 0 Å². The van der Waals surface area contributed by atoms with Gasteiger partial charge in [-0.2, -0.15) is 0 Å². The third-order valence-corrected chi connectivity index (χ3v) is 5.24. The van der Waals surface area contributed by atoms with Crippen LogP contribution in [0.15, 0.2) is 67.1 Å². The molecule has 0 unspecified atom stereocenters. The second-order valence-corrected chi connectivity index (χ2v) is 6.42. The summed E-state index contributed by atoms with van der Waals surface area (Å²) in [6.45, 7) is 0. The molecule has 0 fully saturated rings. The van der Waals surface area contributed by atoms with Crippen LogP contribution in [0.25, 0.3) is 42.5 Å². The maximum absolute atomic E-state index is 4.67. The monoisotopic (exact) mass is 313 g/mol. The van der Waals surface area contributed by atoms with Gasteiger partial charge in [-0.05, 0) is 18.2 Å². The van der Waals surface area contributed by atoms with E-state index in [1.165, 1.54) is 20.2 Å². The van der Waals surface area contributed by atoms with Crippen LogP contribution in [0.3, 0.4) is 0 Å². The first-order valence-corrected chi connectivity index (χ1v) is 8.20. The molecule has 0 saturated carbocycles. The molecule has 3 heterocycles. The van der Waals surface area contributed by atoms with E-state index in [-0.39, 0.29) is 0 Å². The zero-order valence-corrected chi connectivity index (χ0v) is 12.9. The molecule has 0 aliphatic carbocycles. The minimum atomic E-state index is 0.893. The molecule has 5 rings (SSSR count). The van der Waals surface area contributed by atoms with Crippen LogP contribution in [0.2, 0.25) is 0 Å². The van der Waals surface area contributed by atoms with Gasteiger partial charge in [0.05, 0.1) is 21.4 Å². The Hall–Kier alpha value is -2.85. The number of para-hydroxylation sites is 1. The molecule has 2 aromatic carbocycles. The second-order valence-electron chi connectivity index (χ2n) is 5.36. The summed E-state index contributed by atoms with van der Waals surface area (Å²) in [5.74, 6) is 0. The van der Waals surface area contributed by atoms with Crippen LogP contribution in [-0.2, 0) is 0 Å². The van der Waals surface area contributed by atoms with Gasteiger partial charge in [0, 0.05) is 39.6 Å². The number of hydrogen-bond acceptors (Lipinski definition) is 4. The lowest BCUT2D eigenvalue weighted by atomic mass is 10.1. The quantitative estimate of drug-likeness (QED) is 0.434. The highest BCUT2D eigenvalue weighted by molar-refractivity contribution is 7.26. The van der Waals surface area contributed by atoms with E-state index in [2.05, 4.69) is 51.4 Å². The van der Waals surface area contributed by atoms with E-state index in [4.69, 9.17) is 0 Å². The average Bonchev–Trinajstić information content (AvgIpc) is 3.00. The van der Waals surface area contributed by atoms with Gasteiger partial charge in [-0.3, -0.25) is 15.0 Å². The fourth-order valence-corrected chi connectivity index (χ4v) is 4.23. The Morgan fingerprint density at radius 3 is 2.61 bits per heavy atom. The van der Waals surface area contributed by atoms with Crippen molar-refractivity contribution in [3.63, 3.8) is 0 Å². The van der Waals surface area contributed by atoms with Crippen molar-refractivity contribution >= 4 is 42.5 Å². The molecule has 5 aromatic rings. The number of aromatic nitrogens is 3. The van der Waals surface area contributed by atoms with Crippen molar-refractivity contribution in [1.29, 1.82) is 0 Å². The number of thiophene rings is 1. The Kier molecular flexibility index (Phi) is 2.66. The molecule has 23 heavy (non-hydrogen) atoms. The molecule has 0 spiro atoms. The molecule has 0 aliphatic rings. The molecule has 108 valence electrons. The fourth-order valence-electron chi connectivity index (χ4n) is 3.03. The Labute approximate surface area is 136 Å². The average molecular weight is 313 g/mol. The molecule has 0 radical (unpaired) electrons. The van der Waals surface area contributed by atoms with Crippen molar-refractivity contribution in [2.24, 2.45) is 0 Å². The lowest BCUT2D eigenvalue weighted by molar-refractivity contribution is 1.29. The number of benzene rings is 2. The maximum Gasteiger partial charge on any atom is 0.0981 e. The van der Waals surface area contributed by atoms with Crippen LogP contribution in [0.4, 0.5) is 0 Å². The number of fused-ring (bicyclic) bond motifs is 4. The van der Waals surface area contributed by atoms with Gasteiger partial charge in [-0.1, -0.05) is 30.3 Å². The van der Waals surface area contributed by atoms with E-state index in [0.29, 0.717) is 0 Å². The van der Waals surface area contributed by atoms with Crippen LogP contribution in [0.1, 0.15) is 0 Å². The molecular weight excluding hydrogens is 302 g/mol. The summed E-state index contributed by atoms with van der Waals surface area (Å²) in [5, 5.41) is 2.53. The van der Waals surface area contributed by atoms with E-state index in [0.717, 1.165) is 22.3 Å². The molecular formula is C19H11N3S. The van der Waals surface area contributed by atoms with E-state index >= 15 is 0 Å². The first-order valence-electron chi connectivity index (χ1n) is 7.38. The minimum Gasteiger partial charge on any atom is -0.255 e. The summed E-state index contributed by atoms with van der Waals surface area (Å²) < 4.78 is 2.48. The highest BCUT2D eigenvalue weighted by Gasteiger charge is 2.13. The van der Waals surface area contributed by atoms with Gasteiger partial charge >= 0.3 is 0 Å². The number of nitrogens with zero attached hydrogens (tertiary/aromatic N) is 3.